The molecule has 0 aliphatic carbocycles. The molecular weight excluding hydrogens is 365 g/mol. The summed E-state index contributed by atoms with van der Waals surface area (Å²) in [7, 11) is 0. The van der Waals surface area contributed by atoms with Crippen LogP contribution in [-0.2, 0) is 0 Å². The number of hydrogen-bond donors (Lipinski definition) is 1. The lowest BCUT2D eigenvalue weighted by molar-refractivity contribution is 0.698. The van der Waals surface area contributed by atoms with Crippen LogP contribution in [0, 0.1) is 3.57 Å². The van der Waals surface area contributed by atoms with Crippen molar-refractivity contribution in [1.82, 2.24) is 0 Å². The van der Waals surface area contributed by atoms with Gasteiger partial charge in [0.15, 0.2) is 0 Å². The third kappa shape index (κ3) is 3.89. The van der Waals surface area contributed by atoms with Crippen LogP contribution in [0.15, 0.2) is 34.8 Å². The number of halogens is 2. The van der Waals surface area contributed by atoms with Crippen molar-refractivity contribution in [2.45, 2.75) is 25.8 Å². The van der Waals surface area contributed by atoms with Crippen LogP contribution in [0.5, 0.6) is 0 Å². The van der Waals surface area contributed by atoms with Crippen LogP contribution < -0.4 is 5.73 Å². The van der Waals surface area contributed by atoms with Gasteiger partial charge in [-0.05, 0) is 59.2 Å². The van der Waals surface area contributed by atoms with Gasteiger partial charge in [0.05, 0.1) is 0 Å². The molecule has 0 spiro atoms. The minimum absolute atomic E-state index is 0.0431. The van der Waals surface area contributed by atoms with E-state index in [1.807, 2.05) is 6.07 Å². The predicted octanol–water partition coefficient (Wildman–Crippen LogP) is 4.41. The van der Waals surface area contributed by atoms with Gasteiger partial charge in [-0.1, -0.05) is 35.0 Å². The number of benzene rings is 1. The van der Waals surface area contributed by atoms with Gasteiger partial charge in [-0.25, -0.2) is 0 Å². The number of hydrogen-bond acceptors (Lipinski definition) is 1. The molecule has 3 heteroatoms. The fraction of sp³-hybridized carbons (Fsp3) is 0.333. The van der Waals surface area contributed by atoms with E-state index in [1.165, 1.54) is 9.14 Å². The lowest BCUT2D eigenvalue weighted by Gasteiger charge is -2.15. The van der Waals surface area contributed by atoms with Crippen molar-refractivity contribution >= 4 is 38.5 Å². The maximum absolute atomic E-state index is 6.15. The molecule has 0 fully saturated rings. The summed E-state index contributed by atoms with van der Waals surface area (Å²) in [4.78, 5) is 0. The van der Waals surface area contributed by atoms with Gasteiger partial charge in [-0.15, -0.1) is 0 Å². The first kappa shape index (κ1) is 13.2. The minimum Gasteiger partial charge on any atom is -0.324 e. The summed E-state index contributed by atoms with van der Waals surface area (Å²) in [5, 5.41) is 0. The Labute approximate surface area is 113 Å². The summed E-state index contributed by atoms with van der Waals surface area (Å²) in [6.07, 6.45) is 1.85. The van der Waals surface area contributed by atoms with Crippen LogP contribution in [0.1, 0.15) is 31.4 Å². The maximum atomic E-state index is 6.15. The van der Waals surface area contributed by atoms with E-state index < -0.39 is 0 Å². The second-order valence-corrected chi connectivity index (χ2v) is 5.68. The van der Waals surface area contributed by atoms with Crippen molar-refractivity contribution in [1.29, 1.82) is 0 Å². The molecule has 0 aliphatic rings. The van der Waals surface area contributed by atoms with Gasteiger partial charge in [0, 0.05) is 14.1 Å². The molecule has 0 saturated heterocycles. The Balaban J connectivity index is 2.85. The zero-order chi connectivity index (χ0) is 11.4. The summed E-state index contributed by atoms with van der Waals surface area (Å²) in [6.45, 7) is 6.10. The van der Waals surface area contributed by atoms with Crippen LogP contribution in [0.25, 0.3) is 0 Å². The van der Waals surface area contributed by atoms with E-state index >= 15 is 0 Å². The average Bonchev–Trinajstić information content (AvgIpc) is 2.21. The normalized spacial score (nSPS) is 12.5. The summed E-state index contributed by atoms with van der Waals surface area (Å²) in [5.41, 5.74) is 8.51. The van der Waals surface area contributed by atoms with E-state index in [4.69, 9.17) is 5.73 Å². The van der Waals surface area contributed by atoms with E-state index in [0.717, 1.165) is 22.9 Å². The highest BCUT2D eigenvalue weighted by atomic mass is 127. The minimum atomic E-state index is 0.0431. The van der Waals surface area contributed by atoms with Crippen molar-refractivity contribution in [3.63, 3.8) is 0 Å². The third-order valence-corrected chi connectivity index (χ3v) is 3.76. The second kappa shape index (κ2) is 6.01. The van der Waals surface area contributed by atoms with Crippen LogP contribution in [0.3, 0.4) is 0 Å². The fourth-order valence-corrected chi connectivity index (χ4v) is 2.42. The van der Waals surface area contributed by atoms with Gasteiger partial charge in [0.25, 0.3) is 0 Å². The lowest BCUT2D eigenvalue weighted by Crippen LogP contribution is -2.11. The molecule has 0 aliphatic heterocycles. The predicted molar refractivity (Wildman–Crippen MR) is 77.8 cm³/mol. The molecule has 1 atom stereocenters. The van der Waals surface area contributed by atoms with Crippen LogP contribution in [-0.4, -0.2) is 0 Å². The van der Waals surface area contributed by atoms with Crippen molar-refractivity contribution in [3.8, 4) is 0 Å². The quantitative estimate of drug-likeness (QED) is 0.608. The molecule has 0 saturated carbocycles. The van der Waals surface area contributed by atoms with Crippen molar-refractivity contribution < 1.29 is 0 Å². The number of nitrogens with two attached hydrogens (primary N) is 1. The van der Waals surface area contributed by atoms with Gasteiger partial charge in [-0.3, -0.25) is 0 Å². The topological polar surface area (TPSA) is 26.0 Å². The summed E-state index contributed by atoms with van der Waals surface area (Å²) in [6, 6.07) is 6.28. The Morgan fingerprint density at radius 3 is 2.87 bits per heavy atom. The van der Waals surface area contributed by atoms with Crippen molar-refractivity contribution in [3.05, 3.63) is 44.0 Å². The van der Waals surface area contributed by atoms with Crippen LogP contribution in [0.2, 0.25) is 0 Å². The molecule has 0 bridgehead atoms. The molecule has 0 heterocycles. The molecule has 0 radical (unpaired) electrons. The third-order valence-electron chi connectivity index (χ3n) is 2.37. The maximum Gasteiger partial charge on any atom is 0.0344 e. The van der Waals surface area contributed by atoms with E-state index in [1.54, 1.807) is 0 Å². The van der Waals surface area contributed by atoms with Gasteiger partial charge in [0.2, 0.25) is 0 Å². The molecule has 1 aromatic rings. The molecule has 82 valence electrons. The Morgan fingerprint density at radius 2 is 2.27 bits per heavy atom. The summed E-state index contributed by atoms with van der Waals surface area (Å²) in [5.74, 6) is 0. The van der Waals surface area contributed by atoms with Crippen molar-refractivity contribution in [2.75, 3.05) is 0 Å². The standard InChI is InChI=1S/C12H15BrIN/c1-3-8(2)6-12(15)10-7-9(14)4-5-11(10)13/h4-5,7,12H,2-3,6,15H2,1H3. The molecule has 2 N–H and O–H groups in total. The molecule has 15 heavy (non-hydrogen) atoms. The number of rotatable bonds is 4. The molecular formula is C12H15BrIN. The fourth-order valence-electron chi connectivity index (χ4n) is 1.36. The molecule has 0 aromatic heterocycles. The molecule has 1 rings (SSSR count). The lowest BCUT2D eigenvalue weighted by atomic mass is 9.99. The Bertz CT molecular complexity index is 363. The van der Waals surface area contributed by atoms with Gasteiger partial charge in [0.1, 0.15) is 0 Å². The zero-order valence-corrected chi connectivity index (χ0v) is 12.5. The van der Waals surface area contributed by atoms with Crippen LogP contribution >= 0.6 is 38.5 Å². The SMILES string of the molecule is C=C(CC)CC(N)c1cc(I)ccc1Br. The highest BCUT2D eigenvalue weighted by molar-refractivity contribution is 14.1. The average molecular weight is 380 g/mol. The largest absolute Gasteiger partial charge is 0.324 e. The van der Waals surface area contributed by atoms with Crippen LogP contribution in [0.4, 0.5) is 0 Å². The summed E-state index contributed by atoms with van der Waals surface area (Å²) < 4.78 is 2.29. The van der Waals surface area contributed by atoms with Gasteiger partial charge >= 0.3 is 0 Å². The Hall–Kier alpha value is 0.130. The Morgan fingerprint density at radius 1 is 1.60 bits per heavy atom. The smallest absolute Gasteiger partial charge is 0.0344 e. The molecule has 1 aromatic carbocycles. The monoisotopic (exact) mass is 379 g/mol. The zero-order valence-electron chi connectivity index (χ0n) is 8.76. The highest BCUT2D eigenvalue weighted by Crippen LogP contribution is 2.28. The second-order valence-electron chi connectivity index (χ2n) is 3.58. The molecule has 1 nitrogen and oxygen atoms in total. The van der Waals surface area contributed by atoms with E-state index in [-0.39, 0.29) is 6.04 Å². The van der Waals surface area contributed by atoms with E-state index in [9.17, 15) is 0 Å². The van der Waals surface area contributed by atoms with Gasteiger partial charge in [-0.2, -0.15) is 0 Å². The Kier molecular flexibility index (Phi) is 5.29. The first-order chi connectivity index (χ1) is 7.04. The van der Waals surface area contributed by atoms with Crippen molar-refractivity contribution in [2.24, 2.45) is 5.73 Å². The first-order valence-corrected chi connectivity index (χ1v) is 6.79. The van der Waals surface area contributed by atoms with Gasteiger partial charge < -0.3 is 5.73 Å². The first-order valence-electron chi connectivity index (χ1n) is 4.91. The molecule has 1 unspecified atom stereocenters. The van der Waals surface area contributed by atoms with E-state index in [2.05, 4.69) is 64.2 Å². The molecule has 0 amide bonds. The highest BCUT2D eigenvalue weighted by Gasteiger charge is 2.10. The van der Waals surface area contributed by atoms with E-state index in [0.29, 0.717) is 0 Å². The summed E-state index contributed by atoms with van der Waals surface area (Å²) >= 11 is 5.83.